The number of carbonyl (C=O) groups is 1. The second-order valence-corrected chi connectivity index (χ2v) is 5.83. The summed E-state index contributed by atoms with van der Waals surface area (Å²) >= 11 is 0. The third-order valence-corrected chi connectivity index (χ3v) is 4.08. The quantitative estimate of drug-likeness (QED) is 0.817. The van der Waals surface area contributed by atoms with Crippen LogP contribution in [0.5, 0.6) is 5.88 Å². The van der Waals surface area contributed by atoms with Gasteiger partial charge in [-0.15, -0.1) is 0 Å². The smallest absolute Gasteiger partial charge is 0.213 e. The van der Waals surface area contributed by atoms with E-state index in [4.69, 9.17) is 9.47 Å². The Balaban J connectivity index is 1.68. The molecular weight excluding hydrogens is 323 g/mol. The van der Waals surface area contributed by atoms with E-state index in [0.29, 0.717) is 36.8 Å². The van der Waals surface area contributed by atoms with Gasteiger partial charge in [0.15, 0.2) is 5.78 Å². The molecule has 2 aromatic rings. The first-order valence-corrected chi connectivity index (χ1v) is 8.40. The Kier molecular flexibility index (Phi) is 5.73. The van der Waals surface area contributed by atoms with E-state index in [0.717, 1.165) is 12.1 Å². The van der Waals surface area contributed by atoms with Crippen molar-refractivity contribution in [3.05, 3.63) is 59.0 Å². The maximum atomic E-state index is 14.4. The Morgan fingerprint density at radius 2 is 2.28 bits per heavy atom. The molecule has 0 unspecified atom stereocenters. The summed E-state index contributed by atoms with van der Waals surface area (Å²) in [6, 6.07) is 8.22. The lowest BCUT2D eigenvalue weighted by Crippen LogP contribution is -2.33. The van der Waals surface area contributed by atoms with Crippen LogP contribution in [0, 0.1) is 5.82 Å². The number of carbonyl (C=O) groups excluding carboxylic acids is 1. The molecule has 5 nitrogen and oxygen atoms in total. The van der Waals surface area contributed by atoms with Crippen molar-refractivity contribution in [1.82, 2.24) is 10.3 Å². The molecule has 1 aliphatic heterocycles. The third-order valence-electron chi connectivity index (χ3n) is 4.08. The fourth-order valence-electron chi connectivity index (χ4n) is 2.74. The van der Waals surface area contributed by atoms with Gasteiger partial charge in [-0.05, 0) is 30.2 Å². The summed E-state index contributed by atoms with van der Waals surface area (Å²) < 4.78 is 25.3. The SMILES string of the molecule is CCOc1ccc(C(=O)Cc2ccc([C@H]3CNCCO3)cc2F)cn1. The van der Waals surface area contributed by atoms with Crippen molar-refractivity contribution >= 4 is 5.78 Å². The van der Waals surface area contributed by atoms with Crippen LogP contribution in [0.1, 0.15) is 34.5 Å². The second kappa shape index (κ2) is 8.18. The van der Waals surface area contributed by atoms with Gasteiger partial charge in [0.25, 0.3) is 0 Å². The predicted molar refractivity (Wildman–Crippen MR) is 91.4 cm³/mol. The normalized spacial score (nSPS) is 17.3. The molecule has 2 heterocycles. The third kappa shape index (κ3) is 4.41. The highest BCUT2D eigenvalue weighted by Gasteiger charge is 2.18. The first-order chi connectivity index (χ1) is 12.2. The number of morpholine rings is 1. The van der Waals surface area contributed by atoms with Crippen LogP contribution in [0.4, 0.5) is 4.39 Å². The van der Waals surface area contributed by atoms with E-state index in [1.807, 2.05) is 13.0 Å². The molecule has 0 saturated carbocycles. The monoisotopic (exact) mass is 344 g/mol. The van der Waals surface area contributed by atoms with Crippen LogP contribution in [-0.2, 0) is 11.2 Å². The zero-order valence-electron chi connectivity index (χ0n) is 14.1. The lowest BCUT2D eigenvalue weighted by molar-refractivity contribution is 0.0275. The van der Waals surface area contributed by atoms with Gasteiger partial charge in [-0.25, -0.2) is 9.37 Å². The van der Waals surface area contributed by atoms with E-state index < -0.39 is 0 Å². The number of ether oxygens (including phenoxy) is 2. The highest BCUT2D eigenvalue weighted by Crippen LogP contribution is 2.22. The molecule has 0 bridgehead atoms. The second-order valence-electron chi connectivity index (χ2n) is 5.83. The van der Waals surface area contributed by atoms with Crippen molar-refractivity contribution in [2.45, 2.75) is 19.4 Å². The Morgan fingerprint density at radius 3 is 2.92 bits per heavy atom. The number of pyridine rings is 1. The molecule has 132 valence electrons. The summed E-state index contributed by atoms with van der Waals surface area (Å²) in [7, 11) is 0. The number of ketones is 1. The number of benzene rings is 1. The topological polar surface area (TPSA) is 60.5 Å². The zero-order chi connectivity index (χ0) is 17.6. The molecule has 1 N–H and O–H groups in total. The van der Waals surface area contributed by atoms with Gasteiger partial charge in [0, 0.05) is 37.3 Å². The number of hydrogen-bond acceptors (Lipinski definition) is 5. The molecule has 1 saturated heterocycles. The summed E-state index contributed by atoms with van der Waals surface area (Å²) in [5.41, 5.74) is 1.58. The van der Waals surface area contributed by atoms with Crippen molar-refractivity contribution in [3.63, 3.8) is 0 Å². The van der Waals surface area contributed by atoms with E-state index in [1.54, 1.807) is 18.2 Å². The molecule has 1 aromatic carbocycles. The van der Waals surface area contributed by atoms with Gasteiger partial charge in [0.05, 0.1) is 19.3 Å². The Hall–Kier alpha value is -2.31. The summed E-state index contributed by atoms with van der Waals surface area (Å²) in [4.78, 5) is 16.4. The average Bonchev–Trinajstić information content (AvgIpc) is 2.65. The first-order valence-electron chi connectivity index (χ1n) is 8.40. The molecule has 1 aliphatic rings. The molecule has 25 heavy (non-hydrogen) atoms. The van der Waals surface area contributed by atoms with Gasteiger partial charge in [-0.2, -0.15) is 0 Å². The summed E-state index contributed by atoms with van der Waals surface area (Å²) in [5, 5.41) is 3.22. The number of Topliss-reactive ketones (excluding diaryl/α,β-unsaturated/α-hetero) is 1. The number of rotatable bonds is 6. The van der Waals surface area contributed by atoms with Crippen molar-refractivity contribution in [2.75, 3.05) is 26.3 Å². The van der Waals surface area contributed by atoms with Crippen LogP contribution in [0.15, 0.2) is 36.5 Å². The molecular formula is C19H21FN2O3. The summed E-state index contributed by atoms with van der Waals surface area (Å²) in [6.45, 7) is 4.45. The maximum absolute atomic E-state index is 14.4. The lowest BCUT2D eigenvalue weighted by atomic mass is 10.0. The molecule has 0 aliphatic carbocycles. The van der Waals surface area contributed by atoms with E-state index in [2.05, 4.69) is 10.3 Å². The molecule has 1 atom stereocenters. The highest BCUT2D eigenvalue weighted by atomic mass is 19.1. The van der Waals surface area contributed by atoms with Gasteiger partial charge < -0.3 is 14.8 Å². The molecule has 1 aromatic heterocycles. The molecule has 0 amide bonds. The Bertz CT molecular complexity index is 728. The van der Waals surface area contributed by atoms with Gasteiger partial charge >= 0.3 is 0 Å². The van der Waals surface area contributed by atoms with Crippen molar-refractivity contribution in [1.29, 1.82) is 0 Å². The maximum Gasteiger partial charge on any atom is 0.213 e. The van der Waals surface area contributed by atoms with Crippen LogP contribution < -0.4 is 10.1 Å². The van der Waals surface area contributed by atoms with Crippen molar-refractivity contribution < 1.29 is 18.7 Å². The van der Waals surface area contributed by atoms with Gasteiger partial charge in [-0.3, -0.25) is 4.79 Å². The average molecular weight is 344 g/mol. The van der Waals surface area contributed by atoms with E-state index in [-0.39, 0.29) is 24.1 Å². The number of hydrogen-bond donors (Lipinski definition) is 1. The van der Waals surface area contributed by atoms with Crippen molar-refractivity contribution in [2.24, 2.45) is 0 Å². The number of nitrogens with zero attached hydrogens (tertiary/aromatic N) is 1. The van der Waals surface area contributed by atoms with E-state index in [1.165, 1.54) is 12.3 Å². The van der Waals surface area contributed by atoms with Crippen molar-refractivity contribution in [3.8, 4) is 5.88 Å². The largest absolute Gasteiger partial charge is 0.478 e. The molecule has 3 rings (SSSR count). The van der Waals surface area contributed by atoms with Gasteiger partial charge in [0.2, 0.25) is 5.88 Å². The molecule has 6 heteroatoms. The minimum Gasteiger partial charge on any atom is -0.478 e. The first kappa shape index (κ1) is 17.5. The summed E-state index contributed by atoms with van der Waals surface area (Å²) in [5.74, 6) is -0.104. The standard InChI is InChI=1S/C19H21FN2O3/c1-2-24-19-6-5-15(11-22-19)17(23)10-13-3-4-14(9-16(13)20)18-12-21-7-8-25-18/h3-6,9,11,18,21H,2,7-8,10,12H2,1H3/t18-/m1/s1. The predicted octanol–water partition coefficient (Wildman–Crippen LogP) is 2.71. The number of aromatic nitrogens is 1. The van der Waals surface area contributed by atoms with Gasteiger partial charge in [-0.1, -0.05) is 12.1 Å². The Morgan fingerprint density at radius 1 is 1.40 bits per heavy atom. The van der Waals surface area contributed by atoms with Gasteiger partial charge in [0.1, 0.15) is 5.82 Å². The van der Waals surface area contributed by atoms with E-state index in [9.17, 15) is 9.18 Å². The van der Waals surface area contributed by atoms with Crippen LogP contribution in [0.25, 0.3) is 0 Å². The lowest BCUT2D eigenvalue weighted by Gasteiger charge is -2.24. The fourth-order valence-corrected chi connectivity index (χ4v) is 2.74. The van der Waals surface area contributed by atoms with Crippen LogP contribution >= 0.6 is 0 Å². The molecule has 0 radical (unpaired) electrons. The fraction of sp³-hybridized carbons (Fsp3) is 0.368. The zero-order valence-corrected chi connectivity index (χ0v) is 14.1. The van der Waals surface area contributed by atoms with Crippen LogP contribution in [-0.4, -0.2) is 37.1 Å². The molecule has 1 fully saturated rings. The number of nitrogens with one attached hydrogen (secondary N) is 1. The highest BCUT2D eigenvalue weighted by molar-refractivity contribution is 5.97. The van der Waals surface area contributed by atoms with Crippen LogP contribution in [0.2, 0.25) is 0 Å². The Labute approximate surface area is 146 Å². The molecule has 0 spiro atoms. The minimum absolute atomic E-state index is 0.00838. The van der Waals surface area contributed by atoms with E-state index >= 15 is 0 Å². The summed E-state index contributed by atoms with van der Waals surface area (Å²) in [6.07, 6.45) is 1.30. The number of halogens is 1. The minimum atomic E-state index is -0.390. The van der Waals surface area contributed by atoms with Crippen LogP contribution in [0.3, 0.4) is 0 Å².